The highest BCUT2D eigenvalue weighted by molar-refractivity contribution is 7.99. The van der Waals surface area contributed by atoms with Crippen LogP contribution in [0.3, 0.4) is 0 Å². The summed E-state index contributed by atoms with van der Waals surface area (Å²) >= 11 is 1.49. The van der Waals surface area contributed by atoms with Gasteiger partial charge in [0.15, 0.2) is 11.5 Å². The SMILES string of the molecule is COc1ccc(-c2nnc(SCCc3cnoc3)o2)cc1OC. The lowest BCUT2D eigenvalue weighted by Gasteiger charge is -2.07. The predicted molar refractivity (Wildman–Crippen MR) is 83.8 cm³/mol. The van der Waals surface area contributed by atoms with Gasteiger partial charge in [-0.25, -0.2) is 0 Å². The van der Waals surface area contributed by atoms with Crippen LogP contribution >= 0.6 is 11.8 Å². The molecule has 0 fully saturated rings. The number of hydrogen-bond acceptors (Lipinski definition) is 8. The molecular formula is C15H15N3O4S. The Hall–Kier alpha value is -2.48. The van der Waals surface area contributed by atoms with Crippen molar-refractivity contribution < 1.29 is 18.4 Å². The van der Waals surface area contributed by atoms with Crippen molar-refractivity contribution in [3.63, 3.8) is 0 Å². The van der Waals surface area contributed by atoms with E-state index in [-0.39, 0.29) is 0 Å². The van der Waals surface area contributed by atoms with Gasteiger partial charge in [-0.15, -0.1) is 10.2 Å². The fraction of sp³-hybridized carbons (Fsp3) is 0.267. The molecule has 0 unspecified atom stereocenters. The fourth-order valence-electron chi connectivity index (χ4n) is 1.96. The van der Waals surface area contributed by atoms with Crippen LogP contribution in [0.1, 0.15) is 5.56 Å². The van der Waals surface area contributed by atoms with Gasteiger partial charge in [0.2, 0.25) is 5.89 Å². The number of ether oxygens (including phenoxy) is 2. The molecule has 120 valence electrons. The molecule has 0 atom stereocenters. The molecule has 0 aliphatic rings. The van der Waals surface area contributed by atoms with E-state index < -0.39 is 0 Å². The molecule has 3 aromatic rings. The molecule has 3 rings (SSSR count). The van der Waals surface area contributed by atoms with Gasteiger partial charge in [-0.05, 0) is 24.6 Å². The van der Waals surface area contributed by atoms with Gasteiger partial charge < -0.3 is 18.4 Å². The van der Waals surface area contributed by atoms with Crippen LogP contribution in [0.2, 0.25) is 0 Å². The second-order valence-corrected chi connectivity index (χ2v) is 5.62. The predicted octanol–water partition coefficient (Wildman–Crippen LogP) is 3.08. The molecule has 0 bridgehead atoms. The van der Waals surface area contributed by atoms with Gasteiger partial charge >= 0.3 is 0 Å². The molecule has 0 radical (unpaired) electrons. The van der Waals surface area contributed by atoms with Crippen molar-refractivity contribution in [3.05, 3.63) is 36.2 Å². The van der Waals surface area contributed by atoms with E-state index in [2.05, 4.69) is 15.4 Å². The second-order valence-electron chi connectivity index (χ2n) is 4.57. The number of aryl methyl sites for hydroxylation is 1. The van der Waals surface area contributed by atoms with E-state index in [1.54, 1.807) is 38.8 Å². The lowest BCUT2D eigenvalue weighted by atomic mass is 10.2. The Morgan fingerprint density at radius 1 is 1.13 bits per heavy atom. The van der Waals surface area contributed by atoms with Gasteiger partial charge in [0, 0.05) is 16.9 Å². The molecule has 2 heterocycles. The van der Waals surface area contributed by atoms with Gasteiger partial charge in [0.1, 0.15) is 6.26 Å². The Bertz CT molecular complexity index is 758. The maximum absolute atomic E-state index is 5.67. The number of benzene rings is 1. The molecule has 0 amide bonds. The minimum absolute atomic E-state index is 0.443. The minimum Gasteiger partial charge on any atom is -0.493 e. The van der Waals surface area contributed by atoms with Crippen LogP contribution in [-0.4, -0.2) is 35.3 Å². The molecular weight excluding hydrogens is 318 g/mol. The van der Waals surface area contributed by atoms with Crippen molar-refractivity contribution >= 4 is 11.8 Å². The lowest BCUT2D eigenvalue weighted by Crippen LogP contribution is -1.90. The van der Waals surface area contributed by atoms with Crippen LogP contribution in [0.15, 0.2) is 44.8 Å². The standard InChI is InChI=1S/C15H15N3O4S/c1-19-12-4-3-11(7-13(12)20-2)14-17-18-15(22-14)23-6-5-10-8-16-21-9-10/h3-4,7-9H,5-6H2,1-2H3. The molecule has 0 spiro atoms. The Kier molecular flexibility index (Phi) is 4.82. The maximum atomic E-state index is 5.67. The first-order valence-corrected chi connectivity index (χ1v) is 7.85. The van der Waals surface area contributed by atoms with Gasteiger partial charge in [0.05, 0.1) is 20.4 Å². The van der Waals surface area contributed by atoms with E-state index in [4.69, 9.17) is 18.4 Å². The zero-order valence-corrected chi connectivity index (χ0v) is 13.5. The number of rotatable bonds is 7. The fourth-order valence-corrected chi connectivity index (χ4v) is 2.71. The summed E-state index contributed by atoms with van der Waals surface area (Å²) < 4.78 is 20.9. The van der Waals surface area contributed by atoms with Crippen LogP contribution in [-0.2, 0) is 6.42 Å². The molecule has 2 aromatic heterocycles. The first-order chi connectivity index (χ1) is 11.3. The highest BCUT2D eigenvalue weighted by atomic mass is 32.2. The van der Waals surface area contributed by atoms with Crippen molar-refractivity contribution in [1.29, 1.82) is 0 Å². The summed E-state index contributed by atoms with van der Waals surface area (Å²) in [7, 11) is 3.18. The van der Waals surface area contributed by atoms with Crippen molar-refractivity contribution in [2.45, 2.75) is 11.6 Å². The summed E-state index contributed by atoms with van der Waals surface area (Å²) in [6.45, 7) is 0. The van der Waals surface area contributed by atoms with E-state index in [0.29, 0.717) is 22.6 Å². The van der Waals surface area contributed by atoms with Crippen molar-refractivity contribution in [1.82, 2.24) is 15.4 Å². The lowest BCUT2D eigenvalue weighted by molar-refractivity contribution is 0.355. The summed E-state index contributed by atoms with van der Waals surface area (Å²) in [4.78, 5) is 0. The number of methoxy groups -OCH3 is 2. The Balaban J connectivity index is 1.66. The van der Waals surface area contributed by atoms with Crippen LogP contribution in [0.4, 0.5) is 0 Å². The van der Waals surface area contributed by atoms with Crippen molar-refractivity contribution in [2.75, 3.05) is 20.0 Å². The van der Waals surface area contributed by atoms with Crippen molar-refractivity contribution in [2.24, 2.45) is 0 Å². The Morgan fingerprint density at radius 3 is 2.74 bits per heavy atom. The molecule has 0 aliphatic carbocycles. The first kappa shape index (κ1) is 15.4. The quantitative estimate of drug-likeness (QED) is 0.610. The highest BCUT2D eigenvalue weighted by Gasteiger charge is 2.12. The van der Waals surface area contributed by atoms with E-state index in [0.717, 1.165) is 23.3 Å². The van der Waals surface area contributed by atoms with E-state index in [1.807, 2.05) is 6.07 Å². The number of hydrogen-bond donors (Lipinski definition) is 0. The Morgan fingerprint density at radius 2 is 2.00 bits per heavy atom. The van der Waals surface area contributed by atoms with Gasteiger partial charge in [0.25, 0.3) is 5.22 Å². The molecule has 8 heteroatoms. The minimum atomic E-state index is 0.443. The van der Waals surface area contributed by atoms with Crippen LogP contribution in [0.25, 0.3) is 11.5 Å². The average molecular weight is 333 g/mol. The highest BCUT2D eigenvalue weighted by Crippen LogP contribution is 2.32. The van der Waals surface area contributed by atoms with Gasteiger partial charge in [-0.1, -0.05) is 16.9 Å². The molecule has 23 heavy (non-hydrogen) atoms. The summed E-state index contributed by atoms with van der Waals surface area (Å²) in [5.74, 6) is 2.51. The molecule has 1 aromatic carbocycles. The van der Waals surface area contributed by atoms with Crippen molar-refractivity contribution in [3.8, 4) is 23.0 Å². The second kappa shape index (κ2) is 7.19. The van der Waals surface area contributed by atoms with E-state index in [1.165, 1.54) is 11.8 Å². The topological polar surface area (TPSA) is 83.4 Å². The average Bonchev–Trinajstić information content (AvgIpc) is 3.26. The Labute approximate surface area is 137 Å². The van der Waals surface area contributed by atoms with E-state index >= 15 is 0 Å². The third-order valence-electron chi connectivity index (χ3n) is 3.14. The third-order valence-corrected chi connectivity index (χ3v) is 3.96. The molecule has 7 nitrogen and oxygen atoms in total. The van der Waals surface area contributed by atoms with Crippen LogP contribution in [0.5, 0.6) is 11.5 Å². The summed E-state index contributed by atoms with van der Waals surface area (Å²) in [6.07, 6.45) is 4.15. The van der Waals surface area contributed by atoms with Crippen LogP contribution < -0.4 is 9.47 Å². The summed E-state index contributed by atoms with van der Waals surface area (Å²) in [5.41, 5.74) is 1.82. The molecule has 0 saturated carbocycles. The summed E-state index contributed by atoms with van der Waals surface area (Å²) in [6, 6.07) is 5.45. The smallest absolute Gasteiger partial charge is 0.276 e. The van der Waals surface area contributed by atoms with Gasteiger partial charge in [-0.3, -0.25) is 0 Å². The number of aromatic nitrogens is 3. The van der Waals surface area contributed by atoms with E-state index in [9.17, 15) is 0 Å². The monoisotopic (exact) mass is 333 g/mol. The first-order valence-electron chi connectivity index (χ1n) is 6.87. The van der Waals surface area contributed by atoms with Crippen LogP contribution in [0, 0.1) is 0 Å². The molecule has 0 saturated heterocycles. The normalized spacial score (nSPS) is 10.7. The third kappa shape index (κ3) is 3.65. The molecule has 0 aliphatic heterocycles. The number of nitrogens with zero attached hydrogens (tertiary/aromatic N) is 3. The van der Waals surface area contributed by atoms with Gasteiger partial charge in [-0.2, -0.15) is 0 Å². The largest absolute Gasteiger partial charge is 0.493 e. The number of thioether (sulfide) groups is 1. The zero-order chi connectivity index (χ0) is 16.1. The maximum Gasteiger partial charge on any atom is 0.276 e. The molecule has 0 N–H and O–H groups in total. The summed E-state index contributed by atoms with van der Waals surface area (Å²) in [5, 5.41) is 12.3. The zero-order valence-electron chi connectivity index (χ0n) is 12.7.